The lowest BCUT2D eigenvalue weighted by molar-refractivity contribution is -0.133. The largest absolute Gasteiger partial charge is 0.481 e. The molecule has 0 unspecified atom stereocenters. The lowest BCUT2D eigenvalue weighted by atomic mass is 10.2. The van der Waals surface area contributed by atoms with Gasteiger partial charge in [0.1, 0.15) is 11.4 Å². The molecule has 0 fully saturated rings. The number of aromatic nitrogens is 3. The van der Waals surface area contributed by atoms with Crippen LogP contribution in [0.3, 0.4) is 0 Å². The molecule has 0 radical (unpaired) electrons. The third-order valence-electron chi connectivity index (χ3n) is 2.55. The lowest BCUT2D eigenvalue weighted by Gasteiger charge is -1.98. The van der Waals surface area contributed by atoms with Crippen molar-refractivity contribution in [2.24, 2.45) is 0 Å². The fourth-order valence-electron chi connectivity index (χ4n) is 1.69. The molecule has 2 aromatic heterocycles. The molecule has 0 spiro atoms. The number of aliphatic carboxylic acids is 1. The van der Waals surface area contributed by atoms with Crippen LogP contribution in [0.5, 0.6) is 0 Å². The minimum atomic E-state index is -0.932. The van der Waals surface area contributed by atoms with Crippen molar-refractivity contribution in [3.05, 3.63) is 36.4 Å². The summed E-state index contributed by atoms with van der Waals surface area (Å²) in [5, 5.41) is 13.7. The fourth-order valence-corrected chi connectivity index (χ4v) is 2.17. The first-order valence-electron chi connectivity index (χ1n) is 5.77. The second-order valence-corrected chi connectivity index (χ2v) is 4.88. The Labute approximate surface area is 117 Å². The van der Waals surface area contributed by atoms with E-state index in [9.17, 15) is 4.79 Å². The Morgan fingerprint density at radius 3 is 2.90 bits per heavy atom. The van der Waals surface area contributed by atoms with Crippen LogP contribution in [-0.2, 0) is 4.79 Å². The molecular weight excluding hydrogens is 278 g/mol. The van der Waals surface area contributed by atoms with E-state index in [-0.39, 0.29) is 11.0 Å². The Morgan fingerprint density at radius 2 is 2.05 bits per heavy atom. The lowest BCUT2D eigenvalue weighted by Crippen LogP contribution is -1.97. The molecule has 1 aromatic carbocycles. The predicted octanol–water partition coefficient (Wildman–Crippen LogP) is 2.46. The molecule has 20 heavy (non-hydrogen) atoms. The minimum absolute atomic E-state index is 0.118. The topological polar surface area (TPSA) is 89.1 Å². The van der Waals surface area contributed by atoms with Gasteiger partial charge in [0.05, 0.1) is 5.52 Å². The van der Waals surface area contributed by atoms with Crippen LogP contribution in [0.2, 0.25) is 0 Å². The van der Waals surface area contributed by atoms with Crippen LogP contribution >= 0.6 is 11.8 Å². The third-order valence-corrected chi connectivity index (χ3v) is 3.36. The van der Waals surface area contributed by atoms with Crippen LogP contribution in [0.4, 0.5) is 0 Å². The summed E-state index contributed by atoms with van der Waals surface area (Å²) in [6, 6.07) is 11.5. The van der Waals surface area contributed by atoms with E-state index in [1.54, 1.807) is 6.07 Å². The number of carboxylic acids is 1. The summed E-state index contributed by atoms with van der Waals surface area (Å²) in [5.74, 6) is -0.700. The van der Waals surface area contributed by atoms with Crippen LogP contribution in [0.25, 0.3) is 22.4 Å². The number of nitrogens with zero attached hydrogens (tertiary/aromatic N) is 3. The molecule has 0 saturated carbocycles. The van der Waals surface area contributed by atoms with Gasteiger partial charge in [0.15, 0.2) is 0 Å². The monoisotopic (exact) mass is 287 g/mol. The number of rotatable bonds is 4. The van der Waals surface area contributed by atoms with Gasteiger partial charge in [0.25, 0.3) is 5.22 Å². The van der Waals surface area contributed by atoms with Gasteiger partial charge in [-0.25, -0.2) is 4.98 Å². The van der Waals surface area contributed by atoms with E-state index in [0.717, 1.165) is 22.7 Å². The maximum atomic E-state index is 10.5. The van der Waals surface area contributed by atoms with E-state index in [1.165, 1.54) is 0 Å². The van der Waals surface area contributed by atoms with Gasteiger partial charge in [-0.3, -0.25) is 4.79 Å². The highest BCUT2D eigenvalue weighted by Gasteiger charge is 2.12. The van der Waals surface area contributed by atoms with Crippen molar-refractivity contribution in [2.45, 2.75) is 5.22 Å². The van der Waals surface area contributed by atoms with Crippen molar-refractivity contribution >= 4 is 28.6 Å². The number of pyridine rings is 1. The summed E-state index contributed by atoms with van der Waals surface area (Å²) < 4.78 is 4.98. The molecule has 0 aliphatic heterocycles. The van der Waals surface area contributed by atoms with E-state index in [4.69, 9.17) is 9.63 Å². The first-order chi connectivity index (χ1) is 9.72. The molecule has 0 aliphatic rings. The van der Waals surface area contributed by atoms with Gasteiger partial charge in [-0.2, -0.15) is 4.98 Å². The SMILES string of the molecule is O=C(O)CSc1nc(-c2ccc3ccccc3n2)no1. The summed E-state index contributed by atoms with van der Waals surface area (Å²) in [4.78, 5) is 19.0. The van der Waals surface area contributed by atoms with E-state index >= 15 is 0 Å². The molecule has 0 atom stereocenters. The van der Waals surface area contributed by atoms with Crippen molar-refractivity contribution in [1.29, 1.82) is 0 Å². The van der Waals surface area contributed by atoms with Crippen LogP contribution in [0, 0.1) is 0 Å². The minimum Gasteiger partial charge on any atom is -0.481 e. The number of para-hydroxylation sites is 1. The molecule has 3 aromatic rings. The molecule has 6 nitrogen and oxygen atoms in total. The maximum Gasteiger partial charge on any atom is 0.314 e. The molecule has 0 aliphatic carbocycles. The van der Waals surface area contributed by atoms with Crippen molar-refractivity contribution in [1.82, 2.24) is 15.1 Å². The molecule has 0 amide bonds. The standard InChI is InChI=1S/C13H9N3O3S/c17-11(18)7-20-13-15-12(16-19-13)10-6-5-8-3-1-2-4-9(8)14-10/h1-6H,7H2,(H,17,18). The van der Waals surface area contributed by atoms with Gasteiger partial charge < -0.3 is 9.63 Å². The Kier molecular flexibility index (Phi) is 3.34. The summed E-state index contributed by atoms with van der Waals surface area (Å²) in [7, 11) is 0. The Bertz CT molecular complexity index is 772. The van der Waals surface area contributed by atoms with E-state index < -0.39 is 5.97 Å². The highest BCUT2D eigenvalue weighted by molar-refractivity contribution is 7.99. The van der Waals surface area contributed by atoms with Gasteiger partial charge in [-0.1, -0.05) is 41.2 Å². The normalized spacial score (nSPS) is 10.8. The van der Waals surface area contributed by atoms with Crippen molar-refractivity contribution < 1.29 is 14.4 Å². The van der Waals surface area contributed by atoms with Crippen LogP contribution in [-0.4, -0.2) is 32.0 Å². The van der Waals surface area contributed by atoms with Crippen LogP contribution < -0.4 is 0 Å². The molecule has 7 heteroatoms. The third kappa shape index (κ3) is 2.62. The van der Waals surface area contributed by atoms with E-state index in [2.05, 4.69) is 15.1 Å². The second-order valence-electron chi connectivity index (χ2n) is 3.96. The summed E-state index contributed by atoms with van der Waals surface area (Å²) in [6.45, 7) is 0. The second kappa shape index (κ2) is 5.30. The number of carboxylic acid groups (broad SMARTS) is 1. The molecule has 0 bridgehead atoms. The Balaban J connectivity index is 1.89. The first-order valence-corrected chi connectivity index (χ1v) is 6.75. The maximum absolute atomic E-state index is 10.5. The van der Waals surface area contributed by atoms with E-state index in [1.807, 2.05) is 30.3 Å². The average molecular weight is 287 g/mol. The van der Waals surface area contributed by atoms with Crippen LogP contribution in [0.15, 0.2) is 46.1 Å². The average Bonchev–Trinajstić information content (AvgIpc) is 2.93. The zero-order chi connectivity index (χ0) is 13.9. The smallest absolute Gasteiger partial charge is 0.314 e. The summed E-state index contributed by atoms with van der Waals surface area (Å²) in [6.07, 6.45) is 0. The molecule has 0 saturated heterocycles. The number of thioether (sulfide) groups is 1. The quantitative estimate of drug-likeness (QED) is 0.737. The fraction of sp³-hybridized carbons (Fsp3) is 0.0769. The summed E-state index contributed by atoms with van der Waals surface area (Å²) in [5.41, 5.74) is 1.43. The highest BCUT2D eigenvalue weighted by atomic mass is 32.2. The number of hydrogen-bond acceptors (Lipinski definition) is 6. The Morgan fingerprint density at radius 1 is 1.20 bits per heavy atom. The first kappa shape index (κ1) is 12.6. The zero-order valence-corrected chi connectivity index (χ0v) is 11.0. The molecule has 100 valence electrons. The van der Waals surface area contributed by atoms with Gasteiger partial charge in [0.2, 0.25) is 5.82 Å². The molecular formula is C13H9N3O3S. The van der Waals surface area contributed by atoms with Gasteiger partial charge in [0, 0.05) is 5.39 Å². The number of fused-ring (bicyclic) bond motifs is 1. The van der Waals surface area contributed by atoms with Crippen molar-refractivity contribution in [3.8, 4) is 11.5 Å². The van der Waals surface area contributed by atoms with Crippen molar-refractivity contribution in [3.63, 3.8) is 0 Å². The van der Waals surface area contributed by atoms with E-state index in [0.29, 0.717) is 11.5 Å². The molecule has 3 rings (SSSR count). The Hall–Kier alpha value is -2.41. The predicted molar refractivity (Wildman–Crippen MR) is 73.4 cm³/mol. The number of hydrogen-bond donors (Lipinski definition) is 1. The number of carbonyl (C=O) groups is 1. The summed E-state index contributed by atoms with van der Waals surface area (Å²) >= 11 is 0.980. The van der Waals surface area contributed by atoms with Crippen LogP contribution in [0.1, 0.15) is 0 Å². The van der Waals surface area contributed by atoms with Gasteiger partial charge in [-0.15, -0.1) is 0 Å². The van der Waals surface area contributed by atoms with Gasteiger partial charge >= 0.3 is 5.97 Å². The molecule has 1 N–H and O–H groups in total. The van der Waals surface area contributed by atoms with Crippen molar-refractivity contribution in [2.75, 3.05) is 5.75 Å². The zero-order valence-electron chi connectivity index (χ0n) is 10.2. The molecule has 2 heterocycles. The van der Waals surface area contributed by atoms with Gasteiger partial charge in [-0.05, 0) is 12.1 Å². The highest BCUT2D eigenvalue weighted by Crippen LogP contribution is 2.22. The number of benzene rings is 1.